The second kappa shape index (κ2) is 8.63. The molecule has 0 spiro atoms. The van der Waals surface area contributed by atoms with Crippen LogP contribution in [0.25, 0.3) is 6.08 Å². The Hall–Kier alpha value is -3.25. The Bertz CT molecular complexity index is 938. The number of ether oxygens (including phenoxy) is 1. The molecule has 0 unspecified atom stereocenters. The van der Waals surface area contributed by atoms with Gasteiger partial charge in [0.25, 0.3) is 0 Å². The molecule has 0 aliphatic carbocycles. The molecule has 1 aromatic heterocycles. The number of hydrogen-bond acceptors (Lipinski definition) is 5. The van der Waals surface area contributed by atoms with Gasteiger partial charge in [0.2, 0.25) is 0 Å². The molecule has 1 aromatic carbocycles. The zero-order valence-corrected chi connectivity index (χ0v) is 15.5. The molecule has 2 rings (SSSR count). The van der Waals surface area contributed by atoms with E-state index in [0.29, 0.717) is 11.4 Å². The van der Waals surface area contributed by atoms with E-state index in [2.05, 4.69) is 21.0 Å². The Morgan fingerprint density at radius 1 is 1.14 bits per heavy atom. The summed E-state index contributed by atoms with van der Waals surface area (Å²) in [6, 6.07) is 10.1. The maximum atomic E-state index is 12.7. The molecule has 0 N–H and O–H groups in total. The minimum absolute atomic E-state index is 0.0633. The van der Waals surface area contributed by atoms with Crippen LogP contribution in [0, 0.1) is 0 Å². The predicted molar refractivity (Wildman–Crippen MR) is 99.7 cm³/mol. The zero-order valence-electron chi connectivity index (χ0n) is 15.5. The molecule has 0 radical (unpaired) electrons. The van der Waals surface area contributed by atoms with E-state index >= 15 is 0 Å². The van der Waals surface area contributed by atoms with Crippen molar-refractivity contribution in [3.05, 3.63) is 59.9 Å². The van der Waals surface area contributed by atoms with Crippen LogP contribution < -0.4 is 0 Å². The maximum Gasteiger partial charge on any atom is 0.416 e. The van der Waals surface area contributed by atoms with Gasteiger partial charge in [-0.1, -0.05) is 6.07 Å². The fraction of sp³-hybridized carbons (Fsp3) is 0.250. The minimum Gasteiger partial charge on any atom is -0.457 e. The SMILES string of the molecule is CC(C)(C)OC(=O)/C=C/c1ncccc1N=C=Nc1cccc(C(F)(F)F)c1. The van der Waals surface area contributed by atoms with Crippen LogP contribution in [0.15, 0.2) is 58.7 Å². The van der Waals surface area contributed by atoms with E-state index in [1.807, 2.05) is 0 Å². The van der Waals surface area contributed by atoms with Gasteiger partial charge in [-0.3, -0.25) is 4.98 Å². The van der Waals surface area contributed by atoms with Gasteiger partial charge in [-0.15, -0.1) is 0 Å². The van der Waals surface area contributed by atoms with E-state index in [-0.39, 0.29) is 5.69 Å². The van der Waals surface area contributed by atoms with Crippen LogP contribution in [0.5, 0.6) is 0 Å². The molecule has 0 saturated carbocycles. The highest BCUT2D eigenvalue weighted by Gasteiger charge is 2.30. The van der Waals surface area contributed by atoms with Gasteiger partial charge in [-0.2, -0.15) is 23.2 Å². The molecule has 8 heteroatoms. The van der Waals surface area contributed by atoms with Gasteiger partial charge in [0.1, 0.15) is 17.3 Å². The third kappa shape index (κ3) is 6.81. The van der Waals surface area contributed by atoms with E-state index < -0.39 is 23.3 Å². The van der Waals surface area contributed by atoms with E-state index in [0.717, 1.165) is 12.1 Å². The Morgan fingerprint density at radius 2 is 1.89 bits per heavy atom. The Kier molecular flexibility index (Phi) is 6.49. The van der Waals surface area contributed by atoms with Gasteiger partial charge in [0, 0.05) is 12.3 Å². The molecule has 0 amide bonds. The van der Waals surface area contributed by atoms with Crippen LogP contribution in [0.4, 0.5) is 24.5 Å². The number of halogens is 3. The number of pyridine rings is 1. The van der Waals surface area contributed by atoms with E-state index in [4.69, 9.17) is 4.74 Å². The lowest BCUT2D eigenvalue weighted by Gasteiger charge is -2.17. The largest absolute Gasteiger partial charge is 0.457 e. The molecule has 5 nitrogen and oxygen atoms in total. The molecule has 0 bridgehead atoms. The number of carbonyl (C=O) groups is 1. The molecule has 146 valence electrons. The van der Waals surface area contributed by atoms with Crippen LogP contribution in [-0.4, -0.2) is 22.6 Å². The first kappa shape index (κ1) is 21.1. The summed E-state index contributed by atoms with van der Waals surface area (Å²) in [6.07, 6.45) is -0.293. The van der Waals surface area contributed by atoms with Crippen molar-refractivity contribution in [3.8, 4) is 0 Å². The summed E-state index contributed by atoms with van der Waals surface area (Å²) in [7, 11) is 0. The summed E-state index contributed by atoms with van der Waals surface area (Å²) in [4.78, 5) is 23.6. The normalized spacial score (nSPS) is 11.8. The number of rotatable bonds is 4. The molecule has 0 fully saturated rings. The monoisotopic (exact) mass is 389 g/mol. The number of esters is 1. The molecule has 0 aliphatic rings. The number of benzene rings is 1. The lowest BCUT2D eigenvalue weighted by atomic mass is 10.2. The number of aliphatic imine (C=N–C) groups is 2. The molecule has 28 heavy (non-hydrogen) atoms. The lowest BCUT2D eigenvalue weighted by molar-refractivity contribution is -0.148. The van der Waals surface area contributed by atoms with Crippen LogP contribution >= 0.6 is 0 Å². The second-order valence-electron chi connectivity index (χ2n) is 6.65. The van der Waals surface area contributed by atoms with E-state index in [1.165, 1.54) is 30.5 Å². The average Bonchev–Trinajstić information content (AvgIpc) is 2.59. The predicted octanol–water partition coefficient (Wildman–Crippen LogP) is 5.59. The summed E-state index contributed by atoms with van der Waals surface area (Å²) >= 11 is 0. The lowest BCUT2D eigenvalue weighted by Crippen LogP contribution is -2.22. The van der Waals surface area contributed by atoms with Gasteiger partial charge in [-0.25, -0.2) is 4.79 Å². The van der Waals surface area contributed by atoms with Gasteiger partial charge in [0.05, 0.1) is 16.9 Å². The fourth-order valence-electron chi connectivity index (χ4n) is 2.00. The quantitative estimate of drug-likeness (QED) is 0.389. The summed E-state index contributed by atoms with van der Waals surface area (Å²) in [5.74, 6) is -0.536. The van der Waals surface area contributed by atoms with Gasteiger partial charge in [-0.05, 0) is 57.2 Å². The first-order valence-corrected chi connectivity index (χ1v) is 8.24. The Morgan fingerprint density at radius 3 is 2.57 bits per heavy atom. The molecule has 0 aliphatic heterocycles. The molecular formula is C20H18F3N3O2. The van der Waals surface area contributed by atoms with Gasteiger partial charge >= 0.3 is 12.1 Å². The van der Waals surface area contributed by atoms with Crippen molar-refractivity contribution in [1.82, 2.24) is 4.98 Å². The van der Waals surface area contributed by atoms with Crippen LogP contribution in [0.3, 0.4) is 0 Å². The van der Waals surface area contributed by atoms with Crippen molar-refractivity contribution in [2.45, 2.75) is 32.5 Å². The van der Waals surface area contributed by atoms with E-state index in [9.17, 15) is 18.0 Å². The molecule has 1 heterocycles. The molecular weight excluding hydrogens is 371 g/mol. The highest BCUT2D eigenvalue weighted by atomic mass is 19.4. The first-order valence-electron chi connectivity index (χ1n) is 8.24. The first-order chi connectivity index (χ1) is 13.0. The summed E-state index contributed by atoms with van der Waals surface area (Å²) in [5.41, 5.74) is -0.659. The zero-order chi connectivity index (χ0) is 20.8. The number of hydrogen-bond donors (Lipinski definition) is 0. The third-order valence-electron chi connectivity index (χ3n) is 3.12. The number of alkyl halides is 3. The van der Waals surface area contributed by atoms with Gasteiger partial charge < -0.3 is 4.74 Å². The molecule has 0 atom stereocenters. The van der Waals surface area contributed by atoms with Crippen molar-refractivity contribution in [3.63, 3.8) is 0 Å². The minimum atomic E-state index is -4.45. The number of nitrogens with zero attached hydrogens (tertiary/aromatic N) is 3. The molecule has 0 saturated heterocycles. The van der Waals surface area contributed by atoms with Crippen molar-refractivity contribution >= 4 is 29.4 Å². The maximum absolute atomic E-state index is 12.7. The van der Waals surface area contributed by atoms with Crippen molar-refractivity contribution < 1.29 is 22.7 Å². The Labute approximate surface area is 160 Å². The van der Waals surface area contributed by atoms with Crippen molar-refractivity contribution in [2.75, 3.05) is 0 Å². The molecule has 2 aromatic rings. The Balaban J connectivity index is 2.21. The highest BCUT2D eigenvalue weighted by molar-refractivity contribution is 5.88. The average molecular weight is 389 g/mol. The summed E-state index contributed by atoms with van der Waals surface area (Å²) < 4.78 is 43.3. The third-order valence-corrected chi connectivity index (χ3v) is 3.12. The van der Waals surface area contributed by atoms with E-state index in [1.54, 1.807) is 32.9 Å². The number of carbonyl (C=O) groups excluding carboxylic acids is 1. The smallest absolute Gasteiger partial charge is 0.416 e. The van der Waals surface area contributed by atoms with Crippen molar-refractivity contribution in [1.29, 1.82) is 0 Å². The summed E-state index contributed by atoms with van der Waals surface area (Å²) in [6.45, 7) is 5.25. The number of aromatic nitrogens is 1. The van der Waals surface area contributed by atoms with Crippen molar-refractivity contribution in [2.24, 2.45) is 9.98 Å². The van der Waals surface area contributed by atoms with Gasteiger partial charge in [0.15, 0.2) is 0 Å². The van der Waals surface area contributed by atoms with Crippen LogP contribution in [0.2, 0.25) is 0 Å². The standard InChI is InChI=1S/C20H18F3N3O2/c1-19(2,3)28-18(27)10-9-17-16(8-5-11-24-17)26-13-25-15-7-4-6-14(12-15)20(21,22)23/h4-12H,1-3H3/b10-9+. The second-order valence-corrected chi connectivity index (χ2v) is 6.65. The summed E-state index contributed by atoms with van der Waals surface area (Å²) in [5, 5.41) is 0. The fourth-order valence-corrected chi connectivity index (χ4v) is 2.00. The topological polar surface area (TPSA) is 63.9 Å². The van der Waals surface area contributed by atoms with Crippen LogP contribution in [-0.2, 0) is 15.7 Å². The highest BCUT2D eigenvalue weighted by Crippen LogP contribution is 2.31. The van der Waals surface area contributed by atoms with Crippen LogP contribution in [0.1, 0.15) is 32.0 Å².